The van der Waals surface area contributed by atoms with Crippen LogP contribution in [0.5, 0.6) is 0 Å². The lowest BCUT2D eigenvalue weighted by Crippen LogP contribution is -2.37. The third kappa shape index (κ3) is 4.71. The number of anilines is 1. The highest BCUT2D eigenvalue weighted by Crippen LogP contribution is 2.61. The first-order valence-electron chi connectivity index (χ1n) is 15.5. The summed E-state index contributed by atoms with van der Waals surface area (Å²) in [4.78, 5) is 14.3. The fourth-order valence-electron chi connectivity index (χ4n) is 7.18. The monoisotopic (exact) mass is 619 g/mol. The Bertz CT molecular complexity index is 2040. The van der Waals surface area contributed by atoms with Crippen molar-refractivity contribution >= 4 is 51.4 Å². The van der Waals surface area contributed by atoms with Gasteiger partial charge in [0, 0.05) is 76.7 Å². The van der Waals surface area contributed by atoms with Gasteiger partial charge in [-0.25, -0.2) is 4.74 Å². The van der Waals surface area contributed by atoms with Crippen molar-refractivity contribution < 1.29 is 9.66 Å². The first kappa shape index (κ1) is 29.5. The van der Waals surface area contributed by atoms with E-state index in [1.165, 1.54) is 33.1 Å². The molecule has 1 unspecified atom stereocenters. The van der Waals surface area contributed by atoms with Crippen LogP contribution in [0.1, 0.15) is 26.3 Å². The number of ether oxygens (including phenoxy) is 1. The van der Waals surface area contributed by atoms with Crippen LogP contribution in [0, 0.1) is 10.1 Å². The average molecular weight is 620 g/mol. The van der Waals surface area contributed by atoms with Gasteiger partial charge < -0.3 is 14.2 Å². The van der Waals surface area contributed by atoms with Gasteiger partial charge in [-0.05, 0) is 54.7 Å². The Morgan fingerprint density at radius 3 is 2.38 bits per heavy atom. The topological polar surface area (TPSA) is 76.1 Å². The minimum absolute atomic E-state index is 0.0134. The van der Waals surface area contributed by atoms with Crippen LogP contribution in [0.3, 0.4) is 0 Å². The second-order valence-corrected chi connectivity index (χ2v) is 15.1. The summed E-state index contributed by atoms with van der Waals surface area (Å²) in [5.41, 5.74) is 6.04. The molecule has 0 amide bonds. The summed E-state index contributed by atoms with van der Waals surface area (Å²) in [6.45, 7) is 10.1. The molecule has 2 aliphatic rings. The minimum atomic E-state index is -2.83. The van der Waals surface area contributed by atoms with Gasteiger partial charge in [-0.3, -0.25) is 14.8 Å². The number of hydrogen-bond acceptors (Lipinski definition) is 5. The van der Waals surface area contributed by atoms with Crippen molar-refractivity contribution in [3.8, 4) is 0 Å². The molecule has 230 valence electrons. The number of likely N-dealkylation sites (N-methyl/N-ethyl adjacent to an activating group) is 1. The van der Waals surface area contributed by atoms with E-state index in [1.807, 2.05) is 6.07 Å². The third-order valence-electron chi connectivity index (χ3n) is 9.45. The molecule has 45 heavy (non-hydrogen) atoms. The maximum Gasteiger partial charge on any atom is 0.294 e. The highest BCUT2D eigenvalue weighted by Gasteiger charge is 2.42. The number of aryl methyl sites for hydroxylation is 1. The fourth-order valence-corrected chi connectivity index (χ4v) is 10.8. The van der Waals surface area contributed by atoms with Crippen molar-refractivity contribution in [2.75, 3.05) is 38.3 Å². The summed E-state index contributed by atoms with van der Waals surface area (Å²) >= 11 is 0. The van der Waals surface area contributed by atoms with Gasteiger partial charge in [0.25, 0.3) is 5.69 Å². The van der Waals surface area contributed by atoms with Crippen molar-refractivity contribution in [3.05, 3.63) is 118 Å². The molecule has 1 fully saturated rings. The Morgan fingerprint density at radius 2 is 1.62 bits per heavy atom. The van der Waals surface area contributed by atoms with Crippen LogP contribution in [0.25, 0.3) is 21.8 Å². The number of fused-ring (bicyclic) bond motifs is 4. The zero-order valence-corrected chi connectivity index (χ0v) is 27.1. The predicted octanol–water partition coefficient (Wildman–Crippen LogP) is 8.40. The van der Waals surface area contributed by atoms with Crippen LogP contribution in [-0.4, -0.2) is 47.5 Å². The van der Waals surface area contributed by atoms with E-state index in [2.05, 4.69) is 115 Å². The van der Waals surface area contributed by atoms with E-state index in [4.69, 9.17) is 9.48 Å². The molecular weight excluding hydrogens is 581 g/mol. The molecule has 0 radical (unpaired) electrons. The average Bonchev–Trinajstić information content (AvgIpc) is 3.48. The maximum atomic E-state index is 12.3. The first-order chi connectivity index (χ1) is 21.8. The number of nitro benzene ring substituents is 1. The number of hydrogen-bond donors (Lipinski definition) is 0. The van der Waals surface area contributed by atoms with Crippen molar-refractivity contribution in [2.24, 2.45) is 4.74 Å². The van der Waals surface area contributed by atoms with Crippen molar-refractivity contribution in [1.82, 2.24) is 9.24 Å². The minimum Gasteiger partial charge on any atom is -0.379 e. The van der Waals surface area contributed by atoms with Gasteiger partial charge in [-0.1, -0.05) is 62.4 Å². The number of allylic oxidation sites excluding steroid dienone is 1. The second kappa shape index (κ2) is 11.3. The molecule has 1 aromatic heterocycles. The van der Waals surface area contributed by atoms with E-state index < -0.39 is 7.21 Å². The third-order valence-corrected chi connectivity index (χ3v) is 12.9. The lowest BCUT2D eigenvalue weighted by molar-refractivity contribution is -0.384. The Morgan fingerprint density at radius 1 is 0.933 bits per heavy atom. The van der Waals surface area contributed by atoms with Gasteiger partial charge in [0.1, 0.15) is 5.69 Å². The van der Waals surface area contributed by atoms with E-state index in [9.17, 15) is 10.1 Å². The Hall–Kier alpha value is -4.23. The molecule has 8 nitrogen and oxygen atoms in total. The zero-order valence-electron chi connectivity index (χ0n) is 26.2. The molecule has 5 aromatic rings. The molecule has 7 rings (SSSR count). The summed E-state index contributed by atoms with van der Waals surface area (Å²) in [5.74, 6) is 2.37. The molecule has 0 aliphatic carbocycles. The molecule has 0 N–H and O–H groups in total. The highest BCUT2D eigenvalue weighted by atomic mass is 31.2. The predicted molar refractivity (Wildman–Crippen MR) is 185 cm³/mol. The largest absolute Gasteiger partial charge is 0.379 e. The van der Waals surface area contributed by atoms with Gasteiger partial charge in [-0.15, -0.1) is 0 Å². The molecule has 2 aliphatic heterocycles. The summed E-state index contributed by atoms with van der Waals surface area (Å²) in [6, 6.07) is 30.7. The number of rotatable bonds is 6. The van der Waals surface area contributed by atoms with Gasteiger partial charge in [0.05, 0.1) is 25.3 Å². The Balaban J connectivity index is 1.60. The lowest BCUT2D eigenvalue weighted by atomic mass is 9.84. The van der Waals surface area contributed by atoms with Crippen LogP contribution >= 0.6 is 7.21 Å². The van der Waals surface area contributed by atoms with E-state index in [-0.39, 0.29) is 16.0 Å². The summed E-state index contributed by atoms with van der Waals surface area (Å²) < 4.78 is 16.2. The summed E-state index contributed by atoms with van der Waals surface area (Å²) in [5, 5.41) is 15.8. The standard InChI is InChI=1S/C36H38N5O3P/c1-5-40-31-15-9-6-12-27(31)28-24-26(18-19-32(28)40)45(39-20-22-44-23-21-39,37-30-14-8-11-17-34(30)41(42)43)25-35-36(2,3)29-13-7-10-16-33(29)38(35)4/h6-19,24-25H,5,20-23H2,1-4H3/b35-25-. The quantitative estimate of drug-likeness (QED) is 0.108. The van der Waals surface area contributed by atoms with Crippen molar-refractivity contribution in [3.63, 3.8) is 0 Å². The van der Waals surface area contributed by atoms with E-state index in [0.717, 1.165) is 17.5 Å². The molecular formula is C36H38N5O3P. The summed E-state index contributed by atoms with van der Waals surface area (Å²) in [6.07, 6.45) is 0. The smallest absolute Gasteiger partial charge is 0.294 e. The van der Waals surface area contributed by atoms with E-state index in [0.29, 0.717) is 32.0 Å². The number of nitro groups is 1. The Labute approximate surface area is 263 Å². The fraction of sp³-hybridized carbons (Fsp3) is 0.278. The molecule has 1 saturated heterocycles. The van der Waals surface area contributed by atoms with E-state index in [1.54, 1.807) is 18.2 Å². The zero-order chi connectivity index (χ0) is 31.3. The molecule has 1 atom stereocenters. The second-order valence-electron chi connectivity index (χ2n) is 12.2. The molecule has 0 spiro atoms. The normalized spacial score (nSPS) is 18.8. The Kier molecular flexibility index (Phi) is 7.40. The van der Waals surface area contributed by atoms with Gasteiger partial charge in [0.15, 0.2) is 0 Å². The van der Waals surface area contributed by atoms with E-state index >= 15 is 0 Å². The number of para-hydroxylation sites is 3. The number of aromatic nitrogens is 1. The van der Waals surface area contributed by atoms with Crippen molar-refractivity contribution in [1.29, 1.82) is 0 Å². The lowest BCUT2D eigenvalue weighted by Gasteiger charge is -2.39. The SMILES string of the molecule is CCn1c2ccccc2c2cc(P(/C=C3\N(C)c4ccccc4C3(C)C)(=Nc3ccccc3[N+](=O)[O-])N3CCOCC3)ccc21. The van der Waals surface area contributed by atoms with Crippen LogP contribution < -0.4 is 10.2 Å². The number of benzene rings is 4. The molecule has 0 bridgehead atoms. The molecule has 4 aromatic carbocycles. The number of nitrogens with zero attached hydrogens (tertiary/aromatic N) is 5. The van der Waals surface area contributed by atoms with Crippen LogP contribution in [-0.2, 0) is 16.7 Å². The molecule has 0 saturated carbocycles. The molecule has 9 heteroatoms. The van der Waals surface area contributed by atoms with Gasteiger partial charge in [0.2, 0.25) is 0 Å². The molecule has 3 heterocycles. The van der Waals surface area contributed by atoms with Crippen LogP contribution in [0.4, 0.5) is 17.1 Å². The van der Waals surface area contributed by atoms with Gasteiger partial charge >= 0.3 is 0 Å². The number of morpholine rings is 1. The highest BCUT2D eigenvalue weighted by molar-refractivity contribution is 7.74. The van der Waals surface area contributed by atoms with Crippen molar-refractivity contribution in [2.45, 2.75) is 32.7 Å². The first-order valence-corrected chi connectivity index (χ1v) is 17.3. The van der Waals surface area contributed by atoms with Crippen LogP contribution in [0.2, 0.25) is 0 Å². The maximum absolute atomic E-state index is 12.3. The summed E-state index contributed by atoms with van der Waals surface area (Å²) in [7, 11) is -0.707. The van der Waals surface area contributed by atoms with Gasteiger partial charge in [-0.2, -0.15) is 0 Å². The van der Waals surface area contributed by atoms with Crippen LogP contribution in [0.15, 0.2) is 107 Å².